The van der Waals surface area contributed by atoms with Crippen molar-refractivity contribution < 1.29 is 4.79 Å². The lowest BCUT2D eigenvalue weighted by Gasteiger charge is -2.20. The number of carbonyl (C=O) groups excluding carboxylic acids is 1. The number of aromatic nitrogens is 1. The first-order valence-electron chi connectivity index (χ1n) is 6.77. The van der Waals surface area contributed by atoms with Gasteiger partial charge in [0, 0.05) is 13.1 Å². The van der Waals surface area contributed by atoms with Gasteiger partial charge >= 0.3 is 0 Å². The predicted molar refractivity (Wildman–Crippen MR) is 79.2 cm³/mol. The Balaban J connectivity index is 2.69. The van der Waals surface area contributed by atoms with Gasteiger partial charge in [0.1, 0.15) is 5.82 Å². The lowest BCUT2D eigenvalue weighted by molar-refractivity contribution is -0.118. The number of carbonyl (C=O) groups is 1. The molecule has 0 spiro atoms. The van der Waals surface area contributed by atoms with E-state index in [0.29, 0.717) is 5.69 Å². The number of amides is 1. The highest BCUT2D eigenvalue weighted by atomic mass is 16.2. The first-order chi connectivity index (χ1) is 8.99. The SMILES string of the molecule is CCN(CC)c1ccc(NC(=O)[C@@H](N)C(C)C)cn1. The number of nitrogens with two attached hydrogens (primary N) is 1. The largest absolute Gasteiger partial charge is 0.357 e. The van der Waals surface area contributed by atoms with Crippen molar-refractivity contribution in [1.82, 2.24) is 4.98 Å². The Labute approximate surface area is 115 Å². The fraction of sp³-hybridized carbons (Fsp3) is 0.571. The molecule has 1 rings (SSSR count). The van der Waals surface area contributed by atoms with E-state index >= 15 is 0 Å². The Bertz CT molecular complexity index is 398. The van der Waals surface area contributed by atoms with Crippen molar-refractivity contribution in [3.63, 3.8) is 0 Å². The van der Waals surface area contributed by atoms with Gasteiger partial charge in [-0.1, -0.05) is 13.8 Å². The molecule has 0 aliphatic carbocycles. The number of hydrogen-bond acceptors (Lipinski definition) is 4. The van der Waals surface area contributed by atoms with Gasteiger partial charge in [-0.15, -0.1) is 0 Å². The molecule has 1 heterocycles. The normalized spacial score (nSPS) is 12.3. The lowest BCUT2D eigenvalue weighted by Crippen LogP contribution is -2.39. The molecule has 0 radical (unpaired) electrons. The van der Waals surface area contributed by atoms with Crippen LogP contribution in [-0.4, -0.2) is 30.0 Å². The van der Waals surface area contributed by atoms with Crippen molar-refractivity contribution in [2.45, 2.75) is 33.7 Å². The van der Waals surface area contributed by atoms with Gasteiger partial charge in [-0.25, -0.2) is 4.98 Å². The molecule has 0 saturated heterocycles. The summed E-state index contributed by atoms with van der Waals surface area (Å²) in [6, 6.07) is 3.26. The monoisotopic (exact) mass is 264 g/mol. The first-order valence-corrected chi connectivity index (χ1v) is 6.77. The summed E-state index contributed by atoms with van der Waals surface area (Å²) in [5.74, 6) is 0.853. The van der Waals surface area contributed by atoms with Crippen LogP contribution in [0.4, 0.5) is 11.5 Å². The smallest absolute Gasteiger partial charge is 0.241 e. The lowest BCUT2D eigenvalue weighted by atomic mass is 10.1. The van der Waals surface area contributed by atoms with E-state index in [-0.39, 0.29) is 11.8 Å². The van der Waals surface area contributed by atoms with Crippen LogP contribution in [0.1, 0.15) is 27.7 Å². The third-order valence-corrected chi connectivity index (χ3v) is 3.12. The second-order valence-corrected chi connectivity index (χ2v) is 4.84. The van der Waals surface area contributed by atoms with Crippen LogP contribution in [0.25, 0.3) is 0 Å². The van der Waals surface area contributed by atoms with Gasteiger partial charge < -0.3 is 16.0 Å². The molecule has 1 atom stereocenters. The molecule has 0 bridgehead atoms. The van der Waals surface area contributed by atoms with Crippen LogP contribution < -0.4 is 16.0 Å². The summed E-state index contributed by atoms with van der Waals surface area (Å²) in [5.41, 5.74) is 6.47. The minimum atomic E-state index is -0.498. The minimum Gasteiger partial charge on any atom is -0.357 e. The number of hydrogen-bond donors (Lipinski definition) is 2. The van der Waals surface area contributed by atoms with E-state index in [4.69, 9.17) is 5.73 Å². The van der Waals surface area contributed by atoms with E-state index in [1.807, 2.05) is 26.0 Å². The van der Waals surface area contributed by atoms with E-state index in [9.17, 15) is 4.79 Å². The fourth-order valence-electron chi connectivity index (χ4n) is 1.72. The first kappa shape index (κ1) is 15.4. The van der Waals surface area contributed by atoms with Crippen molar-refractivity contribution in [3.05, 3.63) is 18.3 Å². The third-order valence-electron chi connectivity index (χ3n) is 3.12. The fourth-order valence-corrected chi connectivity index (χ4v) is 1.72. The van der Waals surface area contributed by atoms with Gasteiger partial charge in [0.2, 0.25) is 5.91 Å². The Morgan fingerprint density at radius 2 is 2.00 bits per heavy atom. The molecule has 106 valence electrons. The number of pyridine rings is 1. The van der Waals surface area contributed by atoms with Gasteiger partial charge in [-0.2, -0.15) is 0 Å². The highest BCUT2D eigenvalue weighted by Crippen LogP contribution is 2.14. The van der Waals surface area contributed by atoms with Gasteiger partial charge in [-0.05, 0) is 31.9 Å². The average molecular weight is 264 g/mol. The van der Waals surface area contributed by atoms with Crippen molar-refractivity contribution in [2.24, 2.45) is 11.7 Å². The Hall–Kier alpha value is -1.62. The summed E-state index contributed by atoms with van der Waals surface area (Å²) in [6.45, 7) is 9.84. The molecule has 0 aliphatic rings. The standard InChI is InChI=1S/C14H24N4O/c1-5-18(6-2)12-8-7-11(9-16-12)17-14(19)13(15)10(3)4/h7-10,13H,5-6,15H2,1-4H3,(H,17,19)/t13-/m0/s1. The predicted octanol–water partition coefficient (Wildman–Crippen LogP) is 1.85. The number of nitrogens with one attached hydrogen (secondary N) is 1. The summed E-state index contributed by atoms with van der Waals surface area (Å²) < 4.78 is 0. The molecule has 1 aromatic heterocycles. The maximum Gasteiger partial charge on any atom is 0.241 e. The third kappa shape index (κ3) is 4.21. The van der Waals surface area contributed by atoms with E-state index in [1.165, 1.54) is 0 Å². The van der Waals surface area contributed by atoms with Gasteiger partial charge in [0.05, 0.1) is 17.9 Å². The molecule has 0 saturated carbocycles. The second-order valence-electron chi connectivity index (χ2n) is 4.84. The zero-order chi connectivity index (χ0) is 14.4. The van der Waals surface area contributed by atoms with Crippen LogP contribution in [0.2, 0.25) is 0 Å². The zero-order valence-electron chi connectivity index (χ0n) is 12.2. The van der Waals surface area contributed by atoms with Crippen molar-refractivity contribution in [3.8, 4) is 0 Å². The number of nitrogens with zero attached hydrogens (tertiary/aromatic N) is 2. The Morgan fingerprint density at radius 1 is 1.37 bits per heavy atom. The molecule has 5 nitrogen and oxygen atoms in total. The summed E-state index contributed by atoms with van der Waals surface area (Å²) >= 11 is 0. The molecule has 3 N–H and O–H groups in total. The molecule has 0 unspecified atom stereocenters. The van der Waals surface area contributed by atoms with Crippen molar-refractivity contribution in [2.75, 3.05) is 23.3 Å². The Morgan fingerprint density at radius 3 is 2.42 bits per heavy atom. The molecule has 1 amide bonds. The van der Waals surface area contributed by atoms with E-state index < -0.39 is 6.04 Å². The van der Waals surface area contributed by atoms with Crippen LogP contribution in [0, 0.1) is 5.92 Å². The highest BCUT2D eigenvalue weighted by molar-refractivity contribution is 5.94. The average Bonchev–Trinajstić information content (AvgIpc) is 2.41. The van der Waals surface area contributed by atoms with Crippen molar-refractivity contribution in [1.29, 1.82) is 0 Å². The molecule has 1 aromatic rings. The summed E-state index contributed by atoms with van der Waals surface area (Å²) in [5, 5.41) is 2.78. The molecular weight excluding hydrogens is 240 g/mol. The van der Waals surface area contributed by atoms with Gasteiger partial charge in [0.25, 0.3) is 0 Å². The number of anilines is 2. The Kier molecular flexibility index (Phi) is 5.76. The van der Waals surface area contributed by atoms with Crippen molar-refractivity contribution >= 4 is 17.4 Å². The zero-order valence-corrected chi connectivity index (χ0v) is 12.2. The van der Waals surface area contributed by atoms with Crippen LogP contribution in [0.3, 0.4) is 0 Å². The van der Waals surface area contributed by atoms with E-state index in [2.05, 4.69) is 29.0 Å². The maximum atomic E-state index is 11.8. The van der Waals surface area contributed by atoms with Crippen LogP contribution in [-0.2, 0) is 4.79 Å². The molecule has 0 aromatic carbocycles. The van der Waals surface area contributed by atoms with Crippen LogP contribution >= 0.6 is 0 Å². The molecule has 0 aliphatic heterocycles. The van der Waals surface area contributed by atoms with Gasteiger partial charge in [-0.3, -0.25) is 4.79 Å². The molecule has 19 heavy (non-hydrogen) atoms. The van der Waals surface area contributed by atoms with E-state index in [1.54, 1.807) is 6.20 Å². The molecular formula is C14H24N4O. The minimum absolute atomic E-state index is 0.114. The summed E-state index contributed by atoms with van der Waals surface area (Å²) in [6.07, 6.45) is 1.67. The number of rotatable bonds is 6. The molecule has 5 heteroatoms. The molecule has 0 fully saturated rings. The topological polar surface area (TPSA) is 71.2 Å². The summed E-state index contributed by atoms with van der Waals surface area (Å²) in [4.78, 5) is 18.3. The second kappa shape index (κ2) is 7.09. The maximum absolute atomic E-state index is 11.8. The highest BCUT2D eigenvalue weighted by Gasteiger charge is 2.17. The summed E-state index contributed by atoms with van der Waals surface area (Å²) in [7, 11) is 0. The van der Waals surface area contributed by atoms with E-state index in [0.717, 1.165) is 18.9 Å². The van der Waals surface area contributed by atoms with Crippen LogP contribution in [0.15, 0.2) is 18.3 Å². The van der Waals surface area contributed by atoms with Crippen LogP contribution in [0.5, 0.6) is 0 Å². The van der Waals surface area contributed by atoms with Gasteiger partial charge in [0.15, 0.2) is 0 Å². The quantitative estimate of drug-likeness (QED) is 0.822.